The number of hydrogen-bond acceptors (Lipinski definition) is 4. The molecule has 7 nitrogen and oxygen atoms in total. The molecule has 0 aliphatic carbocycles. The van der Waals surface area contributed by atoms with Crippen LogP contribution in [-0.4, -0.2) is 36.1 Å². The number of anilines is 2. The van der Waals surface area contributed by atoms with Crippen molar-refractivity contribution in [2.45, 2.75) is 38.8 Å². The summed E-state index contributed by atoms with van der Waals surface area (Å²) in [4.78, 5) is 38.7. The number of para-hydroxylation sites is 1. The number of ether oxygens (including phenoxy) is 1. The fraction of sp³-hybridized carbons (Fsp3) is 0.292. The van der Waals surface area contributed by atoms with Crippen molar-refractivity contribution in [1.29, 1.82) is 0 Å². The Balaban J connectivity index is 1.77. The van der Waals surface area contributed by atoms with Gasteiger partial charge in [0.05, 0.1) is 11.7 Å². The van der Waals surface area contributed by atoms with Crippen molar-refractivity contribution in [3.63, 3.8) is 0 Å². The SMILES string of the molecule is C=CC(=O)Nc1cccc(C(=O)NC2Cc3ccccc3N(C(=O)OC(C)(C)C)C2)c1. The predicted molar refractivity (Wildman–Crippen MR) is 120 cm³/mol. The molecule has 7 heteroatoms. The van der Waals surface area contributed by atoms with Crippen molar-refractivity contribution in [3.8, 4) is 0 Å². The molecular weight excluding hydrogens is 394 g/mol. The number of nitrogens with zero attached hydrogens (tertiary/aromatic N) is 1. The summed E-state index contributed by atoms with van der Waals surface area (Å²) >= 11 is 0. The summed E-state index contributed by atoms with van der Waals surface area (Å²) in [6, 6.07) is 14.0. The fourth-order valence-electron chi connectivity index (χ4n) is 3.38. The first-order valence-corrected chi connectivity index (χ1v) is 10.1. The molecule has 3 amide bonds. The molecule has 3 rings (SSSR count). The van der Waals surface area contributed by atoms with Gasteiger partial charge in [0, 0.05) is 17.8 Å². The van der Waals surface area contributed by atoms with E-state index in [0.717, 1.165) is 17.3 Å². The maximum absolute atomic E-state index is 12.9. The van der Waals surface area contributed by atoms with Crippen LogP contribution < -0.4 is 15.5 Å². The Kier molecular flexibility index (Phi) is 6.44. The molecule has 1 atom stereocenters. The van der Waals surface area contributed by atoms with Gasteiger partial charge in [0.2, 0.25) is 5.91 Å². The van der Waals surface area contributed by atoms with Crippen LogP contribution in [0, 0.1) is 0 Å². The van der Waals surface area contributed by atoms with Gasteiger partial charge in [-0.05, 0) is 63.1 Å². The van der Waals surface area contributed by atoms with Crippen LogP contribution in [-0.2, 0) is 16.0 Å². The summed E-state index contributed by atoms with van der Waals surface area (Å²) in [7, 11) is 0. The summed E-state index contributed by atoms with van der Waals surface area (Å²) < 4.78 is 5.56. The Morgan fingerprint density at radius 2 is 1.87 bits per heavy atom. The Hall–Kier alpha value is -3.61. The summed E-state index contributed by atoms with van der Waals surface area (Å²) in [5.41, 5.74) is 2.03. The Bertz CT molecular complexity index is 1010. The molecule has 0 saturated heterocycles. The minimum absolute atomic E-state index is 0.289. The molecule has 0 saturated carbocycles. The zero-order valence-corrected chi connectivity index (χ0v) is 18.0. The number of benzene rings is 2. The standard InChI is InChI=1S/C24H27N3O4/c1-5-21(28)25-18-11-8-10-17(14-18)22(29)26-19-13-16-9-6-7-12-20(16)27(15-19)23(30)31-24(2,3)4/h5-12,14,19H,1,13,15H2,2-4H3,(H,25,28)(H,26,29). The average Bonchev–Trinajstić information content (AvgIpc) is 2.72. The van der Waals surface area contributed by atoms with E-state index in [2.05, 4.69) is 17.2 Å². The number of carbonyl (C=O) groups is 3. The molecule has 1 aliphatic heterocycles. The quantitative estimate of drug-likeness (QED) is 0.733. The second-order valence-corrected chi connectivity index (χ2v) is 8.37. The van der Waals surface area contributed by atoms with Crippen molar-refractivity contribution in [3.05, 3.63) is 72.3 Å². The van der Waals surface area contributed by atoms with Crippen LogP contribution in [0.2, 0.25) is 0 Å². The third-order valence-electron chi connectivity index (χ3n) is 4.68. The number of nitrogens with one attached hydrogen (secondary N) is 2. The van der Waals surface area contributed by atoms with Crippen molar-refractivity contribution in [2.24, 2.45) is 0 Å². The lowest BCUT2D eigenvalue weighted by atomic mass is 9.98. The van der Waals surface area contributed by atoms with Crippen molar-refractivity contribution < 1.29 is 19.1 Å². The van der Waals surface area contributed by atoms with Crippen LogP contribution in [0.5, 0.6) is 0 Å². The maximum Gasteiger partial charge on any atom is 0.414 e. The highest BCUT2D eigenvalue weighted by molar-refractivity contribution is 6.01. The minimum atomic E-state index is -0.626. The van der Waals surface area contributed by atoms with E-state index < -0.39 is 11.7 Å². The highest BCUT2D eigenvalue weighted by atomic mass is 16.6. The maximum atomic E-state index is 12.9. The smallest absolute Gasteiger partial charge is 0.414 e. The van der Waals surface area contributed by atoms with Crippen LogP contribution in [0.1, 0.15) is 36.7 Å². The number of amides is 3. The minimum Gasteiger partial charge on any atom is -0.443 e. The van der Waals surface area contributed by atoms with Gasteiger partial charge in [0.15, 0.2) is 0 Å². The second kappa shape index (κ2) is 9.04. The zero-order chi connectivity index (χ0) is 22.6. The molecule has 1 heterocycles. The first kappa shape index (κ1) is 22.1. The van der Waals surface area contributed by atoms with Crippen LogP contribution in [0.15, 0.2) is 61.2 Å². The van der Waals surface area contributed by atoms with E-state index in [4.69, 9.17) is 4.74 Å². The van der Waals surface area contributed by atoms with Crippen LogP contribution >= 0.6 is 0 Å². The van der Waals surface area contributed by atoms with Crippen LogP contribution in [0.3, 0.4) is 0 Å². The van der Waals surface area contributed by atoms with Crippen molar-refractivity contribution in [2.75, 3.05) is 16.8 Å². The molecule has 2 aromatic carbocycles. The molecule has 1 unspecified atom stereocenters. The summed E-state index contributed by atoms with van der Waals surface area (Å²) in [5.74, 6) is -0.641. The molecule has 2 N–H and O–H groups in total. The van der Waals surface area contributed by atoms with Gasteiger partial charge in [-0.25, -0.2) is 4.79 Å². The Morgan fingerprint density at radius 3 is 2.58 bits per heavy atom. The number of fused-ring (bicyclic) bond motifs is 1. The monoisotopic (exact) mass is 421 g/mol. The Morgan fingerprint density at radius 1 is 1.13 bits per heavy atom. The van der Waals surface area contributed by atoms with Gasteiger partial charge in [0.25, 0.3) is 5.91 Å². The van der Waals surface area contributed by atoms with Gasteiger partial charge in [-0.15, -0.1) is 0 Å². The van der Waals surface area contributed by atoms with Gasteiger partial charge in [0.1, 0.15) is 5.60 Å². The predicted octanol–water partition coefficient (Wildman–Crippen LogP) is 3.91. The van der Waals surface area contributed by atoms with Crippen LogP contribution in [0.4, 0.5) is 16.2 Å². The molecule has 0 radical (unpaired) electrons. The largest absolute Gasteiger partial charge is 0.443 e. The highest BCUT2D eigenvalue weighted by Crippen LogP contribution is 2.28. The summed E-state index contributed by atoms with van der Waals surface area (Å²) in [6.45, 7) is 9.17. The molecule has 0 fully saturated rings. The van der Waals surface area contributed by atoms with Gasteiger partial charge < -0.3 is 15.4 Å². The molecule has 2 aromatic rings. The number of carbonyl (C=O) groups excluding carboxylic acids is 3. The lowest BCUT2D eigenvalue weighted by Crippen LogP contribution is -2.51. The van der Waals surface area contributed by atoms with E-state index in [9.17, 15) is 14.4 Å². The Labute approximate surface area is 182 Å². The van der Waals surface area contributed by atoms with E-state index in [0.29, 0.717) is 24.2 Å². The highest BCUT2D eigenvalue weighted by Gasteiger charge is 2.32. The lowest BCUT2D eigenvalue weighted by molar-refractivity contribution is -0.111. The molecular formula is C24H27N3O4. The topological polar surface area (TPSA) is 87.7 Å². The third kappa shape index (κ3) is 5.72. The first-order chi connectivity index (χ1) is 14.7. The van der Waals surface area contributed by atoms with E-state index in [1.165, 1.54) is 0 Å². The van der Waals surface area contributed by atoms with Gasteiger partial charge >= 0.3 is 6.09 Å². The molecule has 0 spiro atoms. The van der Waals surface area contributed by atoms with Gasteiger partial charge in [-0.2, -0.15) is 0 Å². The molecule has 0 aromatic heterocycles. The molecule has 0 bridgehead atoms. The van der Waals surface area contributed by atoms with E-state index in [-0.39, 0.29) is 17.9 Å². The van der Waals surface area contributed by atoms with E-state index >= 15 is 0 Å². The normalized spacial score (nSPS) is 15.5. The molecule has 31 heavy (non-hydrogen) atoms. The van der Waals surface area contributed by atoms with Gasteiger partial charge in [-0.3, -0.25) is 14.5 Å². The van der Waals surface area contributed by atoms with Crippen LogP contribution in [0.25, 0.3) is 0 Å². The van der Waals surface area contributed by atoms with Crippen molar-refractivity contribution >= 4 is 29.3 Å². The summed E-state index contributed by atoms with van der Waals surface area (Å²) in [6.07, 6.45) is 1.30. The third-order valence-corrected chi connectivity index (χ3v) is 4.68. The second-order valence-electron chi connectivity index (χ2n) is 8.37. The molecule has 1 aliphatic rings. The lowest BCUT2D eigenvalue weighted by Gasteiger charge is -2.36. The van der Waals surface area contributed by atoms with E-state index in [1.54, 1.807) is 29.2 Å². The van der Waals surface area contributed by atoms with Crippen molar-refractivity contribution in [1.82, 2.24) is 5.32 Å². The average molecular weight is 421 g/mol. The number of hydrogen-bond donors (Lipinski definition) is 2. The first-order valence-electron chi connectivity index (χ1n) is 10.1. The van der Waals surface area contributed by atoms with Gasteiger partial charge in [-0.1, -0.05) is 30.8 Å². The molecule has 162 valence electrons. The number of rotatable bonds is 4. The zero-order valence-electron chi connectivity index (χ0n) is 18.0. The fourth-order valence-corrected chi connectivity index (χ4v) is 3.38. The summed E-state index contributed by atoms with van der Waals surface area (Å²) in [5, 5.41) is 5.64. The van der Waals surface area contributed by atoms with E-state index in [1.807, 2.05) is 45.0 Å².